The zero-order valence-electron chi connectivity index (χ0n) is 12.3. The van der Waals surface area contributed by atoms with E-state index in [0.29, 0.717) is 21.4 Å². The Kier molecular flexibility index (Phi) is 5.86. The van der Waals surface area contributed by atoms with Gasteiger partial charge in [-0.3, -0.25) is 0 Å². The number of carbonyl (C=O) groups excluding carboxylic acids is 1. The van der Waals surface area contributed by atoms with Crippen LogP contribution in [0.5, 0.6) is 5.75 Å². The maximum atomic E-state index is 12.0. The van der Waals surface area contributed by atoms with Gasteiger partial charge in [-0.15, -0.1) is 0 Å². The first-order valence-corrected chi connectivity index (χ1v) is 7.52. The summed E-state index contributed by atoms with van der Waals surface area (Å²) in [5.41, 5.74) is 1.24. The monoisotopic (exact) mass is 349 g/mol. The lowest BCUT2D eigenvalue weighted by Crippen LogP contribution is -2.26. The number of esters is 1. The lowest BCUT2D eigenvalue weighted by atomic mass is 10.1. The molecule has 0 bridgehead atoms. The van der Waals surface area contributed by atoms with Crippen LogP contribution < -0.4 is 4.74 Å². The van der Waals surface area contributed by atoms with E-state index in [4.69, 9.17) is 37.9 Å². The van der Waals surface area contributed by atoms with E-state index in [2.05, 4.69) is 0 Å². The van der Waals surface area contributed by atoms with Gasteiger partial charge < -0.3 is 9.47 Å². The zero-order valence-corrected chi connectivity index (χ0v) is 13.8. The van der Waals surface area contributed by atoms with Crippen molar-refractivity contribution in [1.29, 1.82) is 5.26 Å². The Balaban J connectivity index is 1.93. The third kappa shape index (κ3) is 4.88. The summed E-state index contributed by atoms with van der Waals surface area (Å²) < 4.78 is 10.7. The number of rotatable bonds is 5. The normalized spacial score (nSPS) is 11.4. The highest BCUT2D eigenvalue weighted by molar-refractivity contribution is 6.35. The summed E-state index contributed by atoms with van der Waals surface area (Å²) in [6, 6.07) is 13.6. The molecule has 2 aromatic rings. The van der Waals surface area contributed by atoms with E-state index < -0.39 is 12.1 Å². The maximum Gasteiger partial charge on any atom is 0.347 e. The van der Waals surface area contributed by atoms with E-state index in [1.807, 2.05) is 6.07 Å². The maximum absolute atomic E-state index is 12.0. The predicted molar refractivity (Wildman–Crippen MR) is 87.5 cm³/mol. The molecule has 23 heavy (non-hydrogen) atoms. The molecule has 0 fully saturated rings. The van der Waals surface area contributed by atoms with Gasteiger partial charge in [0.15, 0.2) is 6.10 Å². The third-order valence-electron chi connectivity index (χ3n) is 2.97. The lowest BCUT2D eigenvalue weighted by Gasteiger charge is -2.15. The van der Waals surface area contributed by atoms with Crippen LogP contribution in [0.3, 0.4) is 0 Å². The van der Waals surface area contributed by atoms with Crippen LogP contribution in [-0.2, 0) is 16.1 Å². The largest absolute Gasteiger partial charge is 0.477 e. The van der Waals surface area contributed by atoms with Crippen LogP contribution in [0.15, 0.2) is 42.5 Å². The van der Waals surface area contributed by atoms with Gasteiger partial charge in [-0.1, -0.05) is 35.3 Å². The smallest absolute Gasteiger partial charge is 0.347 e. The van der Waals surface area contributed by atoms with Gasteiger partial charge in [-0.05, 0) is 42.8 Å². The van der Waals surface area contributed by atoms with Crippen molar-refractivity contribution in [3.8, 4) is 11.8 Å². The molecule has 0 saturated heterocycles. The molecule has 0 radical (unpaired) electrons. The number of benzene rings is 2. The van der Waals surface area contributed by atoms with E-state index >= 15 is 0 Å². The molecule has 0 saturated carbocycles. The number of nitriles is 1. The number of ether oxygens (including phenoxy) is 2. The minimum atomic E-state index is -0.826. The molecule has 4 nitrogen and oxygen atoms in total. The lowest BCUT2D eigenvalue weighted by molar-refractivity contribution is -0.152. The van der Waals surface area contributed by atoms with Gasteiger partial charge in [0.25, 0.3) is 0 Å². The first-order valence-electron chi connectivity index (χ1n) is 6.77. The van der Waals surface area contributed by atoms with Crippen LogP contribution in [0.4, 0.5) is 0 Å². The average Bonchev–Trinajstić information content (AvgIpc) is 2.55. The first-order chi connectivity index (χ1) is 11.0. The molecule has 0 aliphatic heterocycles. The number of hydrogen-bond acceptors (Lipinski definition) is 4. The van der Waals surface area contributed by atoms with E-state index in [0.717, 1.165) is 5.56 Å². The molecular weight excluding hydrogens is 337 g/mol. The van der Waals surface area contributed by atoms with Crippen molar-refractivity contribution in [3.05, 3.63) is 63.6 Å². The van der Waals surface area contributed by atoms with Crippen molar-refractivity contribution < 1.29 is 14.3 Å². The Labute approximate surface area is 144 Å². The summed E-state index contributed by atoms with van der Waals surface area (Å²) in [5.74, 6) is -0.176. The summed E-state index contributed by atoms with van der Waals surface area (Å²) in [6.45, 7) is 1.63. The number of nitrogens with zero attached hydrogens (tertiary/aromatic N) is 1. The molecule has 118 valence electrons. The molecule has 0 aliphatic rings. The molecule has 0 heterocycles. The van der Waals surface area contributed by atoms with Gasteiger partial charge in [0, 0.05) is 5.02 Å². The molecule has 0 unspecified atom stereocenters. The van der Waals surface area contributed by atoms with Crippen molar-refractivity contribution in [1.82, 2.24) is 0 Å². The van der Waals surface area contributed by atoms with Crippen LogP contribution in [0, 0.1) is 11.3 Å². The molecule has 0 N–H and O–H groups in total. The summed E-state index contributed by atoms with van der Waals surface area (Å²) in [5, 5.41) is 9.64. The van der Waals surface area contributed by atoms with E-state index in [9.17, 15) is 4.79 Å². The van der Waals surface area contributed by atoms with E-state index in [-0.39, 0.29) is 6.61 Å². The Morgan fingerprint density at radius 3 is 2.74 bits per heavy atom. The molecule has 1 atom stereocenters. The minimum absolute atomic E-state index is 0.0659. The van der Waals surface area contributed by atoms with Crippen LogP contribution in [0.1, 0.15) is 18.1 Å². The van der Waals surface area contributed by atoms with Crippen molar-refractivity contribution in [3.63, 3.8) is 0 Å². The standard InChI is InChI=1S/C17H13Cl2NO3/c1-11(23-16-6-5-14(18)8-15(16)19)17(21)22-10-13-4-2-3-12(7-13)9-20/h2-8,11H,10H2,1H3/t11-/m1/s1. The van der Waals surface area contributed by atoms with Crippen molar-refractivity contribution in [2.45, 2.75) is 19.6 Å². The van der Waals surface area contributed by atoms with Crippen LogP contribution in [0.25, 0.3) is 0 Å². The summed E-state index contributed by atoms with van der Waals surface area (Å²) in [7, 11) is 0. The van der Waals surface area contributed by atoms with Crippen molar-refractivity contribution in [2.24, 2.45) is 0 Å². The van der Waals surface area contributed by atoms with Gasteiger partial charge in [-0.25, -0.2) is 4.79 Å². The molecule has 0 aromatic heterocycles. The SMILES string of the molecule is C[C@@H](Oc1ccc(Cl)cc1Cl)C(=O)OCc1cccc(C#N)c1. The van der Waals surface area contributed by atoms with Gasteiger partial charge in [0.05, 0.1) is 16.7 Å². The molecular formula is C17H13Cl2NO3. The highest BCUT2D eigenvalue weighted by Crippen LogP contribution is 2.28. The van der Waals surface area contributed by atoms with Gasteiger partial charge in [-0.2, -0.15) is 5.26 Å². The van der Waals surface area contributed by atoms with Gasteiger partial charge in [0.2, 0.25) is 0 Å². The number of carbonyl (C=O) groups is 1. The Bertz CT molecular complexity index is 756. The Morgan fingerprint density at radius 1 is 1.26 bits per heavy atom. The predicted octanol–water partition coefficient (Wildman–Crippen LogP) is 4.38. The second kappa shape index (κ2) is 7.87. The fraction of sp³-hybridized carbons (Fsp3) is 0.176. The zero-order chi connectivity index (χ0) is 16.8. The molecule has 2 rings (SSSR count). The minimum Gasteiger partial charge on any atom is -0.477 e. The molecule has 6 heteroatoms. The number of hydrogen-bond donors (Lipinski definition) is 0. The van der Waals surface area contributed by atoms with Crippen LogP contribution in [0.2, 0.25) is 10.0 Å². The highest BCUT2D eigenvalue weighted by atomic mass is 35.5. The second-order valence-corrected chi connectivity index (χ2v) is 5.60. The fourth-order valence-corrected chi connectivity index (χ4v) is 2.26. The summed E-state index contributed by atoms with van der Waals surface area (Å²) in [6.07, 6.45) is -0.826. The summed E-state index contributed by atoms with van der Waals surface area (Å²) in [4.78, 5) is 12.0. The quantitative estimate of drug-likeness (QED) is 0.751. The third-order valence-corrected chi connectivity index (χ3v) is 3.50. The fourth-order valence-electron chi connectivity index (χ4n) is 1.81. The first kappa shape index (κ1) is 17.1. The van der Waals surface area contributed by atoms with Crippen LogP contribution >= 0.6 is 23.2 Å². The number of halogens is 2. The molecule has 2 aromatic carbocycles. The van der Waals surface area contributed by atoms with E-state index in [1.165, 1.54) is 6.07 Å². The van der Waals surface area contributed by atoms with Gasteiger partial charge in [0.1, 0.15) is 12.4 Å². The average molecular weight is 350 g/mol. The van der Waals surface area contributed by atoms with Crippen molar-refractivity contribution >= 4 is 29.2 Å². The van der Waals surface area contributed by atoms with Crippen LogP contribution in [-0.4, -0.2) is 12.1 Å². The molecule has 0 spiro atoms. The van der Waals surface area contributed by atoms with Crippen molar-refractivity contribution in [2.75, 3.05) is 0 Å². The van der Waals surface area contributed by atoms with E-state index in [1.54, 1.807) is 43.3 Å². The molecule has 0 amide bonds. The van der Waals surface area contributed by atoms with Gasteiger partial charge >= 0.3 is 5.97 Å². The second-order valence-electron chi connectivity index (χ2n) is 4.75. The summed E-state index contributed by atoms with van der Waals surface area (Å²) >= 11 is 11.8. The molecule has 0 aliphatic carbocycles. The Hall–Kier alpha value is -2.22. The topological polar surface area (TPSA) is 59.3 Å². The highest BCUT2D eigenvalue weighted by Gasteiger charge is 2.18. The Morgan fingerprint density at radius 2 is 2.04 bits per heavy atom.